The van der Waals surface area contributed by atoms with Crippen molar-refractivity contribution >= 4 is 5.91 Å². The van der Waals surface area contributed by atoms with Crippen LogP contribution in [-0.4, -0.2) is 78.9 Å². The highest BCUT2D eigenvalue weighted by Gasteiger charge is 2.62. The first-order valence-electron chi connectivity index (χ1n) is 9.84. The summed E-state index contributed by atoms with van der Waals surface area (Å²) in [5.41, 5.74) is 0.874. The van der Waals surface area contributed by atoms with Crippen molar-refractivity contribution in [1.82, 2.24) is 14.8 Å². The molecule has 3 fully saturated rings. The molecule has 3 aliphatic heterocycles. The normalized spacial score (nSPS) is 26.2. The molecule has 1 atom stereocenters. The third-order valence-electron chi connectivity index (χ3n) is 6.32. The number of rotatable bonds is 5. The highest BCUT2D eigenvalue weighted by Crippen LogP contribution is 2.45. The number of pyridine rings is 1. The van der Waals surface area contributed by atoms with Crippen LogP contribution in [0.4, 0.5) is 0 Å². The van der Waals surface area contributed by atoms with E-state index in [1.807, 2.05) is 18.2 Å². The summed E-state index contributed by atoms with van der Waals surface area (Å²) < 4.78 is 16.3. The minimum Gasteiger partial charge on any atom is -0.481 e. The summed E-state index contributed by atoms with van der Waals surface area (Å²) in [4.78, 5) is 21.8. The van der Waals surface area contributed by atoms with Crippen LogP contribution in [-0.2, 0) is 20.8 Å². The van der Waals surface area contributed by atoms with E-state index in [2.05, 4.69) is 14.8 Å². The summed E-state index contributed by atoms with van der Waals surface area (Å²) in [7, 11) is 3.29. The lowest BCUT2D eigenvalue weighted by Crippen LogP contribution is -2.78. The molecule has 148 valence electrons. The van der Waals surface area contributed by atoms with Gasteiger partial charge in [0.05, 0.1) is 18.3 Å². The second kappa shape index (κ2) is 7.73. The molecular formula is C20H29N3O4. The van der Waals surface area contributed by atoms with Gasteiger partial charge in [0.2, 0.25) is 5.88 Å². The Labute approximate surface area is 160 Å². The topological polar surface area (TPSA) is 64.1 Å². The molecule has 0 aromatic carbocycles. The zero-order valence-corrected chi connectivity index (χ0v) is 16.2. The van der Waals surface area contributed by atoms with Crippen molar-refractivity contribution in [2.45, 2.75) is 49.9 Å². The van der Waals surface area contributed by atoms with Crippen molar-refractivity contribution in [2.24, 2.45) is 0 Å². The first-order valence-corrected chi connectivity index (χ1v) is 9.84. The summed E-state index contributed by atoms with van der Waals surface area (Å²) in [6, 6.07) is 6.18. The Bertz CT molecular complexity index is 669. The molecule has 3 aliphatic rings. The molecule has 1 spiro atoms. The van der Waals surface area contributed by atoms with Crippen LogP contribution in [0, 0.1) is 0 Å². The minimum absolute atomic E-state index is 0.148. The SMILES string of the molecule is COc1cccc(CN2CCC(N3C(=O)C(OC)C34CCOCC4)CC2)n1. The van der Waals surface area contributed by atoms with Crippen molar-refractivity contribution in [3.63, 3.8) is 0 Å². The molecule has 27 heavy (non-hydrogen) atoms. The average Bonchev–Trinajstić information content (AvgIpc) is 2.71. The monoisotopic (exact) mass is 375 g/mol. The molecule has 4 rings (SSSR count). The second-order valence-electron chi connectivity index (χ2n) is 7.72. The molecule has 3 saturated heterocycles. The number of methoxy groups -OCH3 is 2. The lowest BCUT2D eigenvalue weighted by molar-refractivity contribution is -0.214. The fourth-order valence-electron chi connectivity index (χ4n) is 4.95. The molecule has 4 heterocycles. The Kier molecular flexibility index (Phi) is 5.34. The fourth-order valence-corrected chi connectivity index (χ4v) is 4.95. The van der Waals surface area contributed by atoms with Gasteiger partial charge >= 0.3 is 0 Å². The van der Waals surface area contributed by atoms with Crippen LogP contribution in [0.1, 0.15) is 31.4 Å². The molecule has 1 amide bonds. The van der Waals surface area contributed by atoms with E-state index in [1.54, 1.807) is 14.2 Å². The van der Waals surface area contributed by atoms with Crippen molar-refractivity contribution < 1.29 is 19.0 Å². The van der Waals surface area contributed by atoms with E-state index in [9.17, 15) is 4.79 Å². The van der Waals surface area contributed by atoms with Crippen molar-refractivity contribution in [1.29, 1.82) is 0 Å². The Morgan fingerprint density at radius 2 is 1.96 bits per heavy atom. The molecule has 1 aromatic heterocycles. The summed E-state index contributed by atoms with van der Waals surface area (Å²) in [6.45, 7) is 4.18. The Morgan fingerprint density at radius 1 is 1.22 bits per heavy atom. The van der Waals surface area contributed by atoms with Gasteiger partial charge in [-0.25, -0.2) is 4.98 Å². The van der Waals surface area contributed by atoms with E-state index in [1.165, 1.54) is 0 Å². The number of ether oxygens (including phenoxy) is 3. The van der Waals surface area contributed by atoms with E-state index in [-0.39, 0.29) is 17.6 Å². The van der Waals surface area contributed by atoms with Gasteiger partial charge in [-0.05, 0) is 31.7 Å². The number of amides is 1. The highest BCUT2D eigenvalue weighted by molar-refractivity contribution is 5.90. The maximum Gasteiger partial charge on any atom is 0.254 e. The Hall–Kier alpha value is -1.70. The lowest BCUT2D eigenvalue weighted by Gasteiger charge is -2.61. The van der Waals surface area contributed by atoms with Crippen LogP contribution in [0.25, 0.3) is 0 Å². The van der Waals surface area contributed by atoms with Gasteiger partial charge in [0.15, 0.2) is 6.10 Å². The molecule has 0 N–H and O–H groups in total. The van der Waals surface area contributed by atoms with Gasteiger partial charge in [-0.2, -0.15) is 0 Å². The molecule has 0 bridgehead atoms. The second-order valence-corrected chi connectivity index (χ2v) is 7.72. The third-order valence-corrected chi connectivity index (χ3v) is 6.32. The van der Waals surface area contributed by atoms with Crippen LogP contribution in [0.3, 0.4) is 0 Å². The van der Waals surface area contributed by atoms with Crippen LogP contribution >= 0.6 is 0 Å². The maximum absolute atomic E-state index is 12.7. The number of aromatic nitrogens is 1. The number of carbonyl (C=O) groups is 1. The summed E-state index contributed by atoms with van der Waals surface area (Å²) in [5.74, 6) is 0.813. The van der Waals surface area contributed by atoms with Gasteiger partial charge < -0.3 is 19.1 Å². The van der Waals surface area contributed by atoms with Crippen molar-refractivity contribution in [3.05, 3.63) is 23.9 Å². The van der Waals surface area contributed by atoms with Crippen LogP contribution in [0.2, 0.25) is 0 Å². The van der Waals surface area contributed by atoms with E-state index in [4.69, 9.17) is 14.2 Å². The van der Waals surface area contributed by atoms with E-state index in [0.29, 0.717) is 25.1 Å². The molecule has 1 aromatic rings. The number of carbonyl (C=O) groups excluding carboxylic acids is 1. The molecule has 0 aliphatic carbocycles. The standard InChI is InChI=1S/C20H29N3O4/c1-25-17-5-3-4-15(21-17)14-22-10-6-16(7-11-22)23-19(24)18(26-2)20(23)8-12-27-13-9-20/h3-5,16,18H,6-14H2,1-2H3. The smallest absolute Gasteiger partial charge is 0.254 e. The molecular weight excluding hydrogens is 346 g/mol. The van der Waals surface area contributed by atoms with Crippen LogP contribution in [0.5, 0.6) is 5.88 Å². The Balaban J connectivity index is 1.38. The molecule has 1 unspecified atom stereocenters. The minimum atomic E-state index is -0.291. The maximum atomic E-state index is 12.7. The van der Waals surface area contributed by atoms with E-state index >= 15 is 0 Å². The molecule has 0 saturated carbocycles. The first-order chi connectivity index (χ1) is 13.2. The quantitative estimate of drug-likeness (QED) is 0.726. The fraction of sp³-hybridized carbons (Fsp3) is 0.700. The number of piperidine rings is 1. The van der Waals surface area contributed by atoms with Gasteiger partial charge in [0.25, 0.3) is 5.91 Å². The third kappa shape index (κ3) is 3.32. The van der Waals surface area contributed by atoms with Gasteiger partial charge in [0, 0.05) is 52.1 Å². The zero-order valence-electron chi connectivity index (χ0n) is 16.2. The van der Waals surface area contributed by atoms with Gasteiger partial charge in [-0.3, -0.25) is 9.69 Å². The van der Waals surface area contributed by atoms with Crippen LogP contribution in [0.15, 0.2) is 18.2 Å². The number of nitrogens with zero attached hydrogens (tertiary/aromatic N) is 3. The first kappa shape index (κ1) is 18.7. The van der Waals surface area contributed by atoms with Gasteiger partial charge in [-0.15, -0.1) is 0 Å². The predicted octanol–water partition coefficient (Wildman–Crippen LogP) is 1.46. The lowest BCUT2D eigenvalue weighted by atomic mass is 9.72. The summed E-state index contributed by atoms with van der Waals surface area (Å²) >= 11 is 0. The molecule has 7 heteroatoms. The highest BCUT2D eigenvalue weighted by atomic mass is 16.5. The average molecular weight is 375 g/mol. The summed E-state index contributed by atoms with van der Waals surface area (Å²) in [5, 5.41) is 0. The number of hydrogen-bond donors (Lipinski definition) is 0. The van der Waals surface area contributed by atoms with E-state index < -0.39 is 0 Å². The van der Waals surface area contributed by atoms with Crippen molar-refractivity contribution in [2.75, 3.05) is 40.5 Å². The van der Waals surface area contributed by atoms with Gasteiger partial charge in [0.1, 0.15) is 0 Å². The molecule has 7 nitrogen and oxygen atoms in total. The van der Waals surface area contributed by atoms with Crippen LogP contribution < -0.4 is 4.74 Å². The predicted molar refractivity (Wildman–Crippen MR) is 99.5 cm³/mol. The van der Waals surface area contributed by atoms with Gasteiger partial charge in [-0.1, -0.05) is 6.07 Å². The van der Waals surface area contributed by atoms with E-state index in [0.717, 1.165) is 51.0 Å². The zero-order chi connectivity index (χ0) is 18.9. The number of likely N-dealkylation sites (tertiary alicyclic amines) is 2. The number of β-lactam (4-membered cyclic amide) rings is 1. The largest absolute Gasteiger partial charge is 0.481 e. The van der Waals surface area contributed by atoms with Crippen molar-refractivity contribution in [3.8, 4) is 5.88 Å². The summed E-state index contributed by atoms with van der Waals surface area (Å²) in [6.07, 6.45) is 3.46. The molecule has 0 radical (unpaired) electrons. The Morgan fingerprint density at radius 3 is 2.63 bits per heavy atom. The number of hydrogen-bond acceptors (Lipinski definition) is 6.